The molecule has 0 saturated heterocycles. The van der Waals surface area contributed by atoms with Gasteiger partial charge in [-0.1, -0.05) is 44.9 Å². The molecule has 4 nitrogen and oxygen atoms in total. The van der Waals surface area contributed by atoms with E-state index in [-0.39, 0.29) is 0 Å². The van der Waals surface area contributed by atoms with Gasteiger partial charge in [-0.2, -0.15) is 0 Å². The van der Waals surface area contributed by atoms with Crippen molar-refractivity contribution >= 4 is 6.41 Å². The van der Waals surface area contributed by atoms with Crippen molar-refractivity contribution < 1.29 is 4.79 Å². The second-order valence-corrected chi connectivity index (χ2v) is 6.76. The molecule has 0 aliphatic heterocycles. The van der Waals surface area contributed by atoms with Crippen LogP contribution in [0.3, 0.4) is 0 Å². The first kappa shape index (κ1) is 14.6. The average molecular weight is 289 g/mol. The molecule has 2 saturated carbocycles. The lowest BCUT2D eigenvalue weighted by Gasteiger charge is -2.22. The highest BCUT2D eigenvalue weighted by Gasteiger charge is 2.43. The Morgan fingerprint density at radius 1 is 1.29 bits per heavy atom. The average Bonchev–Trinajstić information content (AvgIpc) is 3.12. The van der Waals surface area contributed by atoms with Crippen LogP contribution in [0.1, 0.15) is 69.4 Å². The molecule has 2 atom stereocenters. The van der Waals surface area contributed by atoms with Crippen molar-refractivity contribution in [2.75, 3.05) is 6.54 Å². The predicted molar refractivity (Wildman–Crippen MR) is 82.9 cm³/mol. The maximum absolute atomic E-state index is 11.3. The Hall–Kier alpha value is -1.32. The van der Waals surface area contributed by atoms with Gasteiger partial charge < -0.3 is 9.88 Å². The highest BCUT2D eigenvalue weighted by atomic mass is 16.1. The van der Waals surface area contributed by atoms with Gasteiger partial charge in [-0.3, -0.25) is 4.79 Å². The van der Waals surface area contributed by atoms with Gasteiger partial charge in [0.1, 0.15) is 0 Å². The van der Waals surface area contributed by atoms with Gasteiger partial charge in [0, 0.05) is 30.4 Å². The highest BCUT2D eigenvalue weighted by Crippen LogP contribution is 2.43. The number of carbonyl (C=O) groups is 1. The molecule has 4 heteroatoms. The van der Waals surface area contributed by atoms with Gasteiger partial charge in [-0.15, -0.1) is 0 Å². The monoisotopic (exact) mass is 289 g/mol. The SMILES string of the molecule is O=CN(CCCCC1CCCCC1)[C@@H]1C[C@H]1c1cnc[nH]1. The number of nitrogens with one attached hydrogen (secondary N) is 1. The summed E-state index contributed by atoms with van der Waals surface area (Å²) < 4.78 is 0. The number of amides is 1. The summed E-state index contributed by atoms with van der Waals surface area (Å²) in [5, 5.41) is 0. The number of nitrogens with zero attached hydrogens (tertiary/aromatic N) is 2. The molecule has 0 aromatic carbocycles. The van der Waals surface area contributed by atoms with Crippen LogP contribution in [0.25, 0.3) is 0 Å². The van der Waals surface area contributed by atoms with Crippen LogP contribution in [0.4, 0.5) is 0 Å². The molecule has 1 N–H and O–H groups in total. The molecule has 0 bridgehead atoms. The first-order valence-corrected chi connectivity index (χ1v) is 8.58. The number of hydrogen-bond donors (Lipinski definition) is 1. The van der Waals surface area contributed by atoms with Crippen molar-refractivity contribution in [2.24, 2.45) is 5.92 Å². The van der Waals surface area contributed by atoms with Crippen molar-refractivity contribution in [2.45, 2.75) is 69.7 Å². The number of carbonyl (C=O) groups excluding carboxylic acids is 1. The molecule has 2 fully saturated rings. The molecule has 1 aromatic rings. The van der Waals surface area contributed by atoms with E-state index in [9.17, 15) is 4.79 Å². The number of aromatic nitrogens is 2. The van der Waals surface area contributed by atoms with Gasteiger partial charge in [0.05, 0.1) is 6.33 Å². The molecule has 1 aromatic heterocycles. The fourth-order valence-corrected chi connectivity index (χ4v) is 3.85. The molecule has 2 aliphatic carbocycles. The van der Waals surface area contributed by atoms with E-state index in [1.165, 1.54) is 50.6 Å². The molecule has 3 rings (SSSR count). The van der Waals surface area contributed by atoms with Crippen LogP contribution in [0.2, 0.25) is 0 Å². The van der Waals surface area contributed by atoms with Gasteiger partial charge in [0.15, 0.2) is 0 Å². The molecular weight excluding hydrogens is 262 g/mol. The smallest absolute Gasteiger partial charge is 0.209 e. The van der Waals surface area contributed by atoms with Crippen LogP contribution < -0.4 is 0 Å². The fourth-order valence-electron chi connectivity index (χ4n) is 3.85. The number of unbranched alkanes of at least 4 members (excludes halogenated alkanes) is 1. The minimum atomic E-state index is 0.401. The van der Waals surface area contributed by atoms with E-state index in [0.29, 0.717) is 12.0 Å². The van der Waals surface area contributed by atoms with E-state index >= 15 is 0 Å². The third-order valence-electron chi connectivity index (χ3n) is 5.24. The van der Waals surface area contributed by atoms with Crippen LogP contribution in [-0.2, 0) is 4.79 Å². The summed E-state index contributed by atoms with van der Waals surface area (Å²) in [6.07, 6.45) is 16.7. The quantitative estimate of drug-likeness (QED) is 0.588. The van der Waals surface area contributed by atoms with Crippen molar-refractivity contribution in [1.82, 2.24) is 14.9 Å². The number of H-pyrrole nitrogens is 1. The molecule has 21 heavy (non-hydrogen) atoms. The number of hydrogen-bond acceptors (Lipinski definition) is 2. The molecule has 116 valence electrons. The standard InChI is InChI=1S/C17H27N3O/c21-13-20(17-10-15(17)16-11-18-12-19-16)9-5-4-8-14-6-2-1-3-7-14/h11-15,17H,1-10H2,(H,18,19)/t15-,17+/m0/s1. The van der Waals surface area contributed by atoms with Crippen LogP contribution in [0, 0.1) is 5.92 Å². The lowest BCUT2D eigenvalue weighted by atomic mass is 9.86. The van der Waals surface area contributed by atoms with Crippen LogP contribution in [-0.4, -0.2) is 33.9 Å². The zero-order chi connectivity index (χ0) is 14.5. The molecular formula is C17H27N3O. The lowest BCUT2D eigenvalue weighted by Crippen LogP contribution is -2.26. The zero-order valence-corrected chi connectivity index (χ0v) is 12.8. The minimum absolute atomic E-state index is 0.401. The Balaban J connectivity index is 1.35. The van der Waals surface area contributed by atoms with Crippen LogP contribution in [0.5, 0.6) is 0 Å². The second kappa shape index (κ2) is 7.10. The largest absolute Gasteiger partial charge is 0.348 e. The lowest BCUT2D eigenvalue weighted by molar-refractivity contribution is -0.118. The van der Waals surface area contributed by atoms with Crippen molar-refractivity contribution in [3.05, 3.63) is 18.2 Å². The Labute approximate surface area is 127 Å². The summed E-state index contributed by atoms with van der Waals surface area (Å²) in [6.45, 7) is 0.922. The Morgan fingerprint density at radius 2 is 2.14 bits per heavy atom. The molecule has 0 spiro atoms. The van der Waals surface area contributed by atoms with Crippen molar-refractivity contribution in [1.29, 1.82) is 0 Å². The summed E-state index contributed by atoms with van der Waals surface area (Å²) in [4.78, 5) is 20.5. The maximum atomic E-state index is 11.3. The number of imidazole rings is 1. The summed E-state index contributed by atoms with van der Waals surface area (Å²) in [6, 6.07) is 0.401. The van der Waals surface area contributed by atoms with E-state index in [2.05, 4.69) is 9.97 Å². The molecule has 1 heterocycles. The Kier molecular flexibility index (Phi) is 4.94. The minimum Gasteiger partial charge on any atom is -0.348 e. The van der Waals surface area contributed by atoms with Crippen LogP contribution in [0.15, 0.2) is 12.5 Å². The van der Waals surface area contributed by atoms with E-state index < -0.39 is 0 Å². The first-order chi connectivity index (χ1) is 10.4. The van der Waals surface area contributed by atoms with Gasteiger partial charge in [-0.05, 0) is 18.8 Å². The van der Waals surface area contributed by atoms with E-state index in [0.717, 1.165) is 31.7 Å². The summed E-state index contributed by atoms with van der Waals surface area (Å²) >= 11 is 0. The second-order valence-electron chi connectivity index (χ2n) is 6.76. The zero-order valence-electron chi connectivity index (χ0n) is 12.8. The van der Waals surface area contributed by atoms with Gasteiger partial charge >= 0.3 is 0 Å². The topological polar surface area (TPSA) is 49.0 Å². The van der Waals surface area contributed by atoms with Gasteiger partial charge in [0.2, 0.25) is 6.41 Å². The van der Waals surface area contributed by atoms with Crippen molar-refractivity contribution in [3.63, 3.8) is 0 Å². The molecule has 0 unspecified atom stereocenters. The maximum Gasteiger partial charge on any atom is 0.209 e. The number of aromatic amines is 1. The Bertz CT molecular complexity index is 425. The molecule has 0 radical (unpaired) electrons. The van der Waals surface area contributed by atoms with Gasteiger partial charge in [0.25, 0.3) is 0 Å². The third-order valence-corrected chi connectivity index (χ3v) is 5.24. The summed E-state index contributed by atoms with van der Waals surface area (Å²) in [7, 11) is 0. The highest BCUT2D eigenvalue weighted by molar-refractivity contribution is 5.49. The van der Waals surface area contributed by atoms with E-state index in [1.54, 1.807) is 6.33 Å². The molecule has 1 amide bonds. The van der Waals surface area contributed by atoms with Crippen LogP contribution >= 0.6 is 0 Å². The first-order valence-electron chi connectivity index (χ1n) is 8.58. The normalized spacial score (nSPS) is 25.7. The summed E-state index contributed by atoms with van der Waals surface area (Å²) in [5.41, 5.74) is 1.18. The van der Waals surface area contributed by atoms with Gasteiger partial charge in [-0.25, -0.2) is 4.98 Å². The predicted octanol–water partition coefficient (Wildman–Crippen LogP) is 3.47. The summed E-state index contributed by atoms with van der Waals surface area (Å²) in [5.74, 6) is 1.44. The third kappa shape index (κ3) is 3.86. The molecule has 2 aliphatic rings. The number of rotatable bonds is 8. The fraction of sp³-hybridized carbons (Fsp3) is 0.765. The van der Waals surface area contributed by atoms with Crippen molar-refractivity contribution in [3.8, 4) is 0 Å². The Morgan fingerprint density at radius 3 is 2.86 bits per heavy atom. The van der Waals surface area contributed by atoms with E-state index in [4.69, 9.17) is 0 Å². The van der Waals surface area contributed by atoms with E-state index in [1.807, 2.05) is 11.1 Å².